The first-order valence-electron chi connectivity index (χ1n) is 9.66. The molecule has 0 unspecified atom stereocenters. The first-order valence-corrected chi connectivity index (χ1v) is 11.1. The second kappa shape index (κ2) is 9.59. The van der Waals surface area contributed by atoms with Gasteiger partial charge >= 0.3 is 16.4 Å². The van der Waals surface area contributed by atoms with Crippen molar-refractivity contribution in [1.29, 1.82) is 0 Å². The van der Waals surface area contributed by atoms with Crippen molar-refractivity contribution in [2.75, 3.05) is 26.1 Å². The molecule has 0 bridgehead atoms. The van der Waals surface area contributed by atoms with Gasteiger partial charge in [0.05, 0.1) is 32.0 Å². The monoisotopic (exact) mass is 495 g/mol. The molecular formula is C22H20F3N3O5S. The van der Waals surface area contributed by atoms with Gasteiger partial charge in [-0.25, -0.2) is 4.31 Å². The summed E-state index contributed by atoms with van der Waals surface area (Å²) in [5.74, 6) is -0.250. The highest BCUT2D eigenvalue weighted by molar-refractivity contribution is 7.88. The molecule has 8 nitrogen and oxygen atoms in total. The minimum Gasteiger partial charge on any atom is -0.493 e. The smallest absolute Gasteiger partial charge is 0.416 e. The number of methoxy groups -OCH3 is 2. The van der Waals surface area contributed by atoms with Gasteiger partial charge in [-0.05, 0) is 42.5 Å². The Bertz CT molecular complexity index is 1290. The molecular weight excluding hydrogens is 475 g/mol. The van der Waals surface area contributed by atoms with Gasteiger partial charge in [0.2, 0.25) is 0 Å². The number of carbonyl (C=O) groups excluding carboxylic acids is 1. The van der Waals surface area contributed by atoms with Crippen LogP contribution in [0, 0.1) is 0 Å². The molecule has 0 saturated carbocycles. The number of anilines is 1. The molecule has 0 saturated heterocycles. The number of hydrogen-bond acceptors (Lipinski definition) is 5. The third-order valence-electron chi connectivity index (χ3n) is 4.69. The van der Waals surface area contributed by atoms with E-state index in [1.54, 1.807) is 0 Å². The molecule has 1 amide bonds. The minimum atomic E-state index is -4.61. The van der Waals surface area contributed by atoms with E-state index in [9.17, 15) is 26.4 Å². The number of hydrogen-bond donors (Lipinski definition) is 1. The number of allylic oxidation sites excluding steroid dienone is 1. The van der Waals surface area contributed by atoms with Crippen molar-refractivity contribution in [1.82, 2.24) is 4.31 Å². The lowest BCUT2D eigenvalue weighted by atomic mass is 10.1. The Morgan fingerprint density at radius 1 is 1.15 bits per heavy atom. The molecule has 2 aromatic rings. The molecule has 34 heavy (non-hydrogen) atoms. The Morgan fingerprint density at radius 2 is 1.85 bits per heavy atom. The van der Waals surface area contributed by atoms with Crippen LogP contribution < -0.4 is 14.8 Å². The highest BCUT2D eigenvalue weighted by Gasteiger charge is 2.33. The lowest BCUT2D eigenvalue weighted by molar-refractivity contribution is -0.137. The quantitative estimate of drug-likeness (QED) is 0.590. The molecule has 1 aliphatic heterocycles. The summed E-state index contributed by atoms with van der Waals surface area (Å²) in [6.45, 7) is 3.20. The first-order chi connectivity index (χ1) is 16.0. The van der Waals surface area contributed by atoms with Crippen LogP contribution in [0.25, 0.3) is 0 Å². The van der Waals surface area contributed by atoms with Gasteiger partial charge in [0, 0.05) is 11.3 Å². The molecule has 1 N–H and O–H groups in total. The Balaban J connectivity index is 2.04. The predicted molar refractivity (Wildman–Crippen MR) is 120 cm³/mol. The summed E-state index contributed by atoms with van der Waals surface area (Å²) in [7, 11) is -1.53. The number of carbonyl (C=O) groups is 1. The van der Waals surface area contributed by atoms with Crippen molar-refractivity contribution >= 4 is 27.5 Å². The number of nitrogens with zero attached hydrogens (tertiary/aromatic N) is 2. The van der Waals surface area contributed by atoms with Crippen molar-refractivity contribution < 1.29 is 35.9 Å². The largest absolute Gasteiger partial charge is 0.493 e. The van der Waals surface area contributed by atoms with Gasteiger partial charge in [-0.15, -0.1) is 11.0 Å². The fourth-order valence-electron chi connectivity index (χ4n) is 3.11. The number of halogens is 3. The van der Waals surface area contributed by atoms with E-state index < -0.39 is 27.9 Å². The lowest BCUT2D eigenvalue weighted by Crippen LogP contribution is -2.38. The summed E-state index contributed by atoms with van der Waals surface area (Å²) in [5, 5.41) is 2.32. The van der Waals surface area contributed by atoms with E-state index in [0.29, 0.717) is 21.4 Å². The van der Waals surface area contributed by atoms with Crippen molar-refractivity contribution in [3.8, 4) is 11.5 Å². The first kappa shape index (κ1) is 24.8. The summed E-state index contributed by atoms with van der Waals surface area (Å²) in [6.07, 6.45) is -2.15. The third kappa shape index (κ3) is 5.22. The van der Waals surface area contributed by atoms with Crippen LogP contribution in [0.15, 0.2) is 71.3 Å². The summed E-state index contributed by atoms with van der Waals surface area (Å²) in [6, 6.07) is 8.53. The van der Waals surface area contributed by atoms with E-state index in [0.717, 1.165) is 18.2 Å². The van der Waals surface area contributed by atoms with E-state index in [2.05, 4.69) is 16.3 Å². The van der Waals surface area contributed by atoms with Crippen LogP contribution >= 0.6 is 0 Å². The van der Waals surface area contributed by atoms with Gasteiger partial charge in [-0.2, -0.15) is 21.6 Å². The fraction of sp³-hybridized carbons (Fsp3) is 0.182. The SMILES string of the molecule is C=CCN1C(C(=O)Nc2cccc(C(F)(F)F)c2)=CC(c2ccc(OC)c(OC)c2)=NS1(=O)=O. The summed E-state index contributed by atoms with van der Waals surface area (Å²) in [5.41, 5.74) is -1.24. The Labute approximate surface area is 194 Å². The number of ether oxygens (including phenoxy) is 2. The Morgan fingerprint density at radius 3 is 2.47 bits per heavy atom. The van der Waals surface area contributed by atoms with Crippen molar-refractivity contribution in [3.05, 3.63) is 78.0 Å². The molecule has 0 radical (unpaired) electrons. The van der Waals surface area contributed by atoms with E-state index in [1.807, 2.05) is 0 Å². The van der Waals surface area contributed by atoms with Crippen LogP contribution in [-0.4, -0.2) is 45.1 Å². The average Bonchev–Trinajstić information content (AvgIpc) is 2.79. The van der Waals surface area contributed by atoms with Gasteiger partial charge in [0.15, 0.2) is 11.5 Å². The van der Waals surface area contributed by atoms with E-state index in [-0.39, 0.29) is 23.6 Å². The zero-order valence-corrected chi connectivity index (χ0v) is 18.9. The van der Waals surface area contributed by atoms with E-state index in [4.69, 9.17) is 9.47 Å². The molecule has 0 spiro atoms. The lowest BCUT2D eigenvalue weighted by Gasteiger charge is -2.26. The van der Waals surface area contributed by atoms with Crippen LogP contribution in [0.3, 0.4) is 0 Å². The maximum Gasteiger partial charge on any atom is 0.416 e. The van der Waals surface area contributed by atoms with Crippen molar-refractivity contribution in [3.63, 3.8) is 0 Å². The highest BCUT2D eigenvalue weighted by atomic mass is 32.2. The van der Waals surface area contributed by atoms with Gasteiger partial charge in [0.25, 0.3) is 5.91 Å². The van der Waals surface area contributed by atoms with Crippen LogP contribution in [0.4, 0.5) is 18.9 Å². The number of nitrogens with one attached hydrogen (secondary N) is 1. The summed E-state index contributed by atoms with van der Waals surface area (Å²) < 4.78 is 79.6. The van der Waals surface area contributed by atoms with E-state index in [1.165, 1.54) is 50.6 Å². The normalized spacial score (nSPS) is 15.1. The maximum atomic E-state index is 13.0. The Hall–Kier alpha value is -3.80. The van der Waals surface area contributed by atoms with Crippen LogP contribution in [-0.2, 0) is 21.2 Å². The third-order valence-corrected chi connectivity index (χ3v) is 6.02. The fourth-order valence-corrected chi connectivity index (χ4v) is 4.30. The molecule has 2 aromatic carbocycles. The van der Waals surface area contributed by atoms with Crippen LogP contribution in [0.5, 0.6) is 11.5 Å². The zero-order valence-electron chi connectivity index (χ0n) is 18.1. The molecule has 3 rings (SSSR count). The summed E-state index contributed by atoms with van der Waals surface area (Å²) in [4.78, 5) is 13.0. The van der Waals surface area contributed by atoms with Gasteiger partial charge in [-0.1, -0.05) is 12.1 Å². The molecule has 1 aliphatic rings. The van der Waals surface area contributed by atoms with E-state index >= 15 is 0 Å². The Kier molecular flexibility index (Phi) is 7.01. The number of rotatable bonds is 7. The highest BCUT2D eigenvalue weighted by Crippen LogP contribution is 2.32. The molecule has 0 atom stereocenters. The number of amides is 1. The van der Waals surface area contributed by atoms with Crippen LogP contribution in [0.2, 0.25) is 0 Å². The standard InChI is InChI=1S/C22H20F3N3O5S/c1-4-10-28-18(21(29)26-16-7-5-6-15(12-16)22(23,24)25)13-17(27-34(28,30)31)14-8-9-19(32-2)20(11-14)33-3/h4-9,11-13H,1,10H2,2-3H3,(H,26,29). The van der Waals surface area contributed by atoms with Crippen molar-refractivity contribution in [2.45, 2.75) is 6.18 Å². The average molecular weight is 495 g/mol. The second-order valence-corrected chi connectivity index (χ2v) is 8.43. The topological polar surface area (TPSA) is 97.3 Å². The minimum absolute atomic E-state index is 0.0737. The molecule has 0 aromatic heterocycles. The molecule has 1 heterocycles. The molecule has 180 valence electrons. The zero-order chi connectivity index (χ0) is 25.1. The molecule has 12 heteroatoms. The maximum absolute atomic E-state index is 13.0. The van der Waals surface area contributed by atoms with Gasteiger partial charge < -0.3 is 14.8 Å². The number of alkyl halides is 3. The van der Waals surface area contributed by atoms with Gasteiger partial charge in [0.1, 0.15) is 5.70 Å². The molecule has 0 fully saturated rings. The van der Waals surface area contributed by atoms with Crippen LogP contribution in [0.1, 0.15) is 11.1 Å². The summed E-state index contributed by atoms with van der Waals surface area (Å²) >= 11 is 0. The van der Waals surface area contributed by atoms with Gasteiger partial charge in [-0.3, -0.25) is 4.79 Å². The number of benzene rings is 2. The van der Waals surface area contributed by atoms with Crippen molar-refractivity contribution in [2.24, 2.45) is 4.40 Å². The second-order valence-electron chi connectivity index (χ2n) is 6.91. The predicted octanol–water partition coefficient (Wildman–Crippen LogP) is 3.78. The molecule has 0 aliphatic carbocycles.